The number of hydrogen-bond donors (Lipinski definition) is 1. The lowest BCUT2D eigenvalue weighted by atomic mass is 10.2. The lowest BCUT2D eigenvalue weighted by Crippen LogP contribution is -2.41. The van der Waals surface area contributed by atoms with Crippen molar-refractivity contribution in [2.45, 2.75) is 13.0 Å². The molecule has 14 heavy (non-hydrogen) atoms. The number of nitrogens with two attached hydrogens (primary N) is 1. The van der Waals surface area contributed by atoms with Crippen LogP contribution in [0.15, 0.2) is 18.2 Å². The molecule has 0 aromatic heterocycles. The number of rotatable bonds is 0. The molecule has 0 fully saturated rings. The Morgan fingerprint density at radius 2 is 2.21 bits per heavy atom. The van der Waals surface area contributed by atoms with Crippen molar-refractivity contribution in [1.82, 2.24) is 0 Å². The number of carbonyl (C=O) groups excluding carboxylic acids is 1. The van der Waals surface area contributed by atoms with Gasteiger partial charge in [-0.25, -0.2) is 0 Å². The minimum Gasteiger partial charge on any atom is -0.479 e. The van der Waals surface area contributed by atoms with Crippen LogP contribution in [0.5, 0.6) is 5.75 Å². The van der Waals surface area contributed by atoms with E-state index in [-0.39, 0.29) is 5.91 Å². The largest absolute Gasteiger partial charge is 0.479 e. The van der Waals surface area contributed by atoms with Gasteiger partial charge in [-0.15, -0.1) is 0 Å². The van der Waals surface area contributed by atoms with E-state index in [0.717, 1.165) is 5.69 Å². The first kappa shape index (κ1) is 8.87. The van der Waals surface area contributed by atoms with Crippen molar-refractivity contribution in [3.8, 4) is 5.75 Å². The van der Waals surface area contributed by atoms with Crippen molar-refractivity contribution in [1.29, 1.82) is 0 Å². The van der Waals surface area contributed by atoms with Crippen LogP contribution in [-0.2, 0) is 4.79 Å². The maximum atomic E-state index is 11.5. The highest BCUT2D eigenvalue weighted by molar-refractivity contribution is 5.99. The third kappa shape index (κ3) is 1.19. The Morgan fingerprint density at radius 3 is 2.93 bits per heavy atom. The van der Waals surface area contributed by atoms with E-state index in [0.29, 0.717) is 11.4 Å². The summed E-state index contributed by atoms with van der Waals surface area (Å²) in [6.07, 6.45) is -0.436. The van der Waals surface area contributed by atoms with Crippen LogP contribution >= 0.6 is 0 Å². The number of fused-ring (bicyclic) bond motifs is 1. The van der Waals surface area contributed by atoms with E-state index in [2.05, 4.69) is 0 Å². The molecular formula is C10H12N2O2. The number of likely N-dealkylation sites (N-methyl/N-ethyl adjacent to an activating group) is 1. The zero-order chi connectivity index (χ0) is 10.3. The highest BCUT2D eigenvalue weighted by Crippen LogP contribution is 2.34. The summed E-state index contributed by atoms with van der Waals surface area (Å²) in [6.45, 7) is 1.73. The van der Waals surface area contributed by atoms with E-state index < -0.39 is 6.10 Å². The lowest BCUT2D eigenvalue weighted by molar-refractivity contribution is -0.125. The predicted molar refractivity (Wildman–Crippen MR) is 54.4 cm³/mol. The van der Waals surface area contributed by atoms with Crippen LogP contribution in [0.25, 0.3) is 0 Å². The van der Waals surface area contributed by atoms with Gasteiger partial charge in [-0.1, -0.05) is 0 Å². The van der Waals surface area contributed by atoms with Gasteiger partial charge in [-0.2, -0.15) is 0 Å². The van der Waals surface area contributed by atoms with Crippen LogP contribution in [0.3, 0.4) is 0 Å². The normalized spacial score (nSPS) is 20.3. The van der Waals surface area contributed by atoms with E-state index in [9.17, 15) is 4.79 Å². The quantitative estimate of drug-likeness (QED) is 0.624. The number of nitrogen functional groups attached to an aromatic ring is 1. The van der Waals surface area contributed by atoms with Gasteiger partial charge < -0.3 is 15.4 Å². The smallest absolute Gasteiger partial charge is 0.267 e. The Morgan fingerprint density at radius 1 is 1.50 bits per heavy atom. The molecule has 1 aromatic carbocycles. The van der Waals surface area contributed by atoms with E-state index in [1.165, 1.54) is 0 Å². The molecule has 4 heteroatoms. The van der Waals surface area contributed by atoms with E-state index in [4.69, 9.17) is 10.5 Å². The maximum Gasteiger partial charge on any atom is 0.267 e. The molecule has 1 amide bonds. The Kier molecular flexibility index (Phi) is 1.84. The van der Waals surface area contributed by atoms with Gasteiger partial charge in [0.2, 0.25) is 0 Å². The second-order valence-corrected chi connectivity index (χ2v) is 3.38. The fourth-order valence-corrected chi connectivity index (χ4v) is 1.53. The fraction of sp³-hybridized carbons (Fsp3) is 0.300. The molecule has 1 aliphatic heterocycles. The number of benzene rings is 1. The van der Waals surface area contributed by atoms with Gasteiger partial charge in [0, 0.05) is 18.8 Å². The minimum atomic E-state index is -0.436. The van der Waals surface area contributed by atoms with Crippen molar-refractivity contribution in [3.63, 3.8) is 0 Å². The number of hydrogen-bond acceptors (Lipinski definition) is 3. The molecule has 1 unspecified atom stereocenters. The molecule has 0 aliphatic carbocycles. The molecular weight excluding hydrogens is 180 g/mol. The number of carbonyl (C=O) groups is 1. The standard InChI is InChI=1S/C10H12N2O2/c1-6-10(13)12(2)8-4-3-7(11)5-9(8)14-6/h3-6H,11H2,1-2H3. The summed E-state index contributed by atoms with van der Waals surface area (Å²) in [6, 6.07) is 5.27. The first-order valence-corrected chi connectivity index (χ1v) is 4.43. The molecule has 0 saturated carbocycles. The minimum absolute atomic E-state index is 0.0396. The maximum absolute atomic E-state index is 11.5. The van der Waals surface area contributed by atoms with Crippen LogP contribution in [0.1, 0.15) is 6.92 Å². The molecule has 0 bridgehead atoms. The third-order valence-corrected chi connectivity index (χ3v) is 2.33. The van der Waals surface area contributed by atoms with Gasteiger partial charge in [0.1, 0.15) is 5.75 Å². The van der Waals surface area contributed by atoms with E-state index >= 15 is 0 Å². The van der Waals surface area contributed by atoms with Crippen molar-refractivity contribution >= 4 is 17.3 Å². The van der Waals surface area contributed by atoms with Crippen molar-refractivity contribution in [2.75, 3.05) is 17.7 Å². The van der Waals surface area contributed by atoms with Gasteiger partial charge in [-0.3, -0.25) is 4.79 Å². The molecule has 1 aromatic rings. The Balaban J connectivity index is 2.50. The molecule has 0 spiro atoms. The van der Waals surface area contributed by atoms with Gasteiger partial charge in [0.05, 0.1) is 5.69 Å². The van der Waals surface area contributed by atoms with Gasteiger partial charge in [-0.05, 0) is 19.1 Å². The highest BCUT2D eigenvalue weighted by Gasteiger charge is 2.28. The van der Waals surface area contributed by atoms with Crippen molar-refractivity contribution in [2.24, 2.45) is 0 Å². The summed E-state index contributed by atoms with van der Waals surface area (Å²) < 4.78 is 5.42. The molecule has 0 saturated heterocycles. The lowest BCUT2D eigenvalue weighted by Gasteiger charge is -2.30. The third-order valence-electron chi connectivity index (χ3n) is 2.33. The summed E-state index contributed by atoms with van der Waals surface area (Å²) >= 11 is 0. The number of anilines is 2. The number of amides is 1. The highest BCUT2D eigenvalue weighted by atomic mass is 16.5. The topological polar surface area (TPSA) is 55.6 Å². The Bertz CT molecular complexity index is 390. The molecule has 1 aliphatic rings. The molecule has 4 nitrogen and oxygen atoms in total. The van der Waals surface area contributed by atoms with Crippen molar-refractivity contribution in [3.05, 3.63) is 18.2 Å². The summed E-state index contributed by atoms with van der Waals surface area (Å²) in [5.41, 5.74) is 7.03. The van der Waals surface area contributed by atoms with Crippen molar-refractivity contribution < 1.29 is 9.53 Å². The van der Waals surface area contributed by atoms with E-state index in [1.807, 2.05) is 0 Å². The average Bonchev–Trinajstić information content (AvgIpc) is 2.14. The SMILES string of the molecule is CC1Oc2cc(N)ccc2N(C)C1=O. The predicted octanol–water partition coefficient (Wildman–Crippen LogP) is 1.01. The Labute approximate surface area is 82.3 Å². The average molecular weight is 192 g/mol. The molecule has 2 rings (SSSR count). The molecule has 1 atom stereocenters. The molecule has 74 valence electrons. The first-order valence-electron chi connectivity index (χ1n) is 4.43. The van der Waals surface area contributed by atoms with Crippen LogP contribution in [0.2, 0.25) is 0 Å². The zero-order valence-electron chi connectivity index (χ0n) is 8.15. The van der Waals surface area contributed by atoms with Gasteiger partial charge in [0.15, 0.2) is 6.10 Å². The molecule has 1 heterocycles. The summed E-state index contributed by atoms with van der Waals surface area (Å²) in [5, 5.41) is 0. The molecule has 2 N–H and O–H groups in total. The van der Waals surface area contributed by atoms with Crippen LogP contribution in [0, 0.1) is 0 Å². The first-order chi connectivity index (χ1) is 6.59. The number of nitrogens with zero attached hydrogens (tertiary/aromatic N) is 1. The van der Waals surface area contributed by atoms with Gasteiger partial charge >= 0.3 is 0 Å². The summed E-state index contributed by atoms with van der Waals surface area (Å²) in [4.78, 5) is 13.1. The monoisotopic (exact) mass is 192 g/mol. The summed E-state index contributed by atoms with van der Waals surface area (Å²) in [7, 11) is 1.73. The Hall–Kier alpha value is -1.71. The molecule has 0 radical (unpaired) electrons. The second-order valence-electron chi connectivity index (χ2n) is 3.38. The van der Waals surface area contributed by atoms with E-state index in [1.54, 1.807) is 37.1 Å². The fourth-order valence-electron chi connectivity index (χ4n) is 1.53. The van der Waals surface area contributed by atoms with Crippen LogP contribution in [0.4, 0.5) is 11.4 Å². The van der Waals surface area contributed by atoms with Gasteiger partial charge in [0.25, 0.3) is 5.91 Å². The second kappa shape index (κ2) is 2.90. The van der Waals surface area contributed by atoms with Crippen LogP contribution < -0.4 is 15.4 Å². The van der Waals surface area contributed by atoms with Crippen LogP contribution in [-0.4, -0.2) is 19.1 Å². The summed E-state index contributed by atoms with van der Waals surface area (Å²) in [5.74, 6) is 0.627. The number of ether oxygens (including phenoxy) is 1. The zero-order valence-corrected chi connectivity index (χ0v) is 8.15.